The molecule has 0 saturated heterocycles. The average Bonchev–Trinajstić information content (AvgIpc) is 2.90. The molecule has 1 aliphatic rings. The first-order valence-corrected chi connectivity index (χ1v) is 12.7. The van der Waals surface area contributed by atoms with Gasteiger partial charge in [-0.2, -0.15) is 0 Å². The molecule has 0 radical (unpaired) electrons. The van der Waals surface area contributed by atoms with E-state index in [1.165, 1.54) is 0 Å². The molecular weight excluding hydrogens is 456 g/mol. The maximum absolute atomic E-state index is 12.6. The van der Waals surface area contributed by atoms with Crippen LogP contribution in [0.25, 0.3) is 0 Å². The number of benzene rings is 2. The van der Waals surface area contributed by atoms with Gasteiger partial charge in [0.15, 0.2) is 0 Å². The van der Waals surface area contributed by atoms with E-state index in [4.69, 9.17) is 0 Å². The molecule has 2 aromatic rings. The second-order valence-electron chi connectivity index (χ2n) is 9.17. The molecule has 0 heterocycles. The van der Waals surface area contributed by atoms with E-state index in [0.717, 1.165) is 30.4 Å². The second-order valence-corrected chi connectivity index (χ2v) is 9.17. The van der Waals surface area contributed by atoms with Gasteiger partial charge >= 0.3 is 0 Å². The van der Waals surface area contributed by atoms with Crippen LogP contribution in [0.2, 0.25) is 0 Å². The molecule has 2 unspecified atom stereocenters. The monoisotopic (exact) mass is 492 g/mol. The van der Waals surface area contributed by atoms with Crippen molar-refractivity contribution in [1.82, 2.24) is 21.3 Å². The Hall–Kier alpha value is -3.68. The molecule has 4 N–H and O–H groups in total. The molecule has 8 heteroatoms. The normalized spacial score (nSPS) is 17.0. The Morgan fingerprint density at radius 1 is 0.583 bits per heavy atom. The average molecular weight is 493 g/mol. The molecule has 4 amide bonds. The van der Waals surface area contributed by atoms with Crippen LogP contribution in [0.1, 0.15) is 36.8 Å². The maximum Gasteiger partial charge on any atom is 0.224 e. The van der Waals surface area contributed by atoms with E-state index in [1.807, 2.05) is 60.7 Å². The molecule has 2 aromatic carbocycles. The molecule has 0 bridgehead atoms. The summed E-state index contributed by atoms with van der Waals surface area (Å²) in [6, 6.07) is 19.0. The number of rotatable bonds is 12. The van der Waals surface area contributed by atoms with Crippen molar-refractivity contribution in [2.75, 3.05) is 26.2 Å². The Bertz CT molecular complexity index is 918. The number of hydrogen-bond donors (Lipinski definition) is 4. The molecule has 3 rings (SSSR count). The van der Waals surface area contributed by atoms with Gasteiger partial charge in [0.2, 0.25) is 23.6 Å². The highest BCUT2D eigenvalue weighted by Crippen LogP contribution is 2.29. The van der Waals surface area contributed by atoms with Gasteiger partial charge in [-0.05, 0) is 30.4 Å². The zero-order valence-electron chi connectivity index (χ0n) is 20.6. The highest BCUT2D eigenvalue weighted by atomic mass is 16.2. The summed E-state index contributed by atoms with van der Waals surface area (Å²) < 4.78 is 0. The van der Waals surface area contributed by atoms with Crippen LogP contribution in [0.5, 0.6) is 0 Å². The first-order chi connectivity index (χ1) is 17.5. The minimum absolute atomic E-state index is 0.0713. The Kier molecular flexibility index (Phi) is 11.0. The van der Waals surface area contributed by atoms with Gasteiger partial charge in [0.25, 0.3) is 0 Å². The van der Waals surface area contributed by atoms with Crippen LogP contribution in [-0.2, 0) is 32.0 Å². The molecule has 1 aliphatic carbocycles. The van der Waals surface area contributed by atoms with E-state index in [2.05, 4.69) is 21.3 Å². The number of carbonyl (C=O) groups excluding carboxylic acids is 4. The van der Waals surface area contributed by atoms with Crippen molar-refractivity contribution in [2.45, 2.75) is 38.5 Å². The molecule has 1 fully saturated rings. The van der Waals surface area contributed by atoms with Gasteiger partial charge in [-0.15, -0.1) is 0 Å². The van der Waals surface area contributed by atoms with Gasteiger partial charge in [0.05, 0.1) is 12.8 Å². The van der Waals surface area contributed by atoms with Crippen LogP contribution in [0.3, 0.4) is 0 Å². The largest absolute Gasteiger partial charge is 0.354 e. The van der Waals surface area contributed by atoms with Gasteiger partial charge < -0.3 is 21.3 Å². The molecule has 192 valence electrons. The summed E-state index contributed by atoms with van der Waals surface area (Å²) in [6.45, 7) is 1.44. The lowest BCUT2D eigenvalue weighted by atomic mass is 9.80. The summed E-state index contributed by atoms with van der Waals surface area (Å²) in [7, 11) is 0. The summed E-state index contributed by atoms with van der Waals surface area (Å²) in [5, 5.41) is 11.4. The van der Waals surface area contributed by atoms with E-state index in [0.29, 0.717) is 45.4 Å². The fourth-order valence-corrected chi connectivity index (χ4v) is 4.42. The van der Waals surface area contributed by atoms with Crippen LogP contribution in [0.15, 0.2) is 60.7 Å². The van der Waals surface area contributed by atoms with Crippen LogP contribution in [-0.4, -0.2) is 49.8 Å². The van der Waals surface area contributed by atoms with Gasteiger partial charge in [0, 0.05) is 38.0 Å². The van der Waals surface area contributed by atoms with Crippen molar-refractivity contribution in [1.29, 1.82) is 0 Å². The molecule has 36 heavy (non-hydrogen) atoms. The van der Waals surface area contributed by atoms with Crippen LogP contribution in [0, 0.1) is 11.8 Å². The van der Waals surface area contributed by atoms with Crippen LogP contribution < -0.4 is 21.3 Å². The lowest BCUT2D eigenvalue weighted by Gasteiger charge is -2.27. The van der Waals surface area contributed by atoms with E-state index in [1.54, 1.807) is 0 Å². The van der Waals surface area contributed by atoms with Crippen molar-refractivity contribution in [3.8, 4) is 0 Å². The summed E-state index contributed by atoms with van der Waals surface area (Å²) in [6.07, 6.45) is 3.46. The molecular formula is C28H36N4O4. The Morgan fingerprint density at radius 3 is 1.39 bits per heavy atom. The van der Waals surface area contributed by atoms with E-state index < -0.39 is 0 Å². The standard InChI is InChI=1S/C28H36N4O4/c33-25(18-21-8-3-1-4-9-21)29-14-16-31-27(35)23-12-7-13-24(20-23)28(36)32-17-15-30-26(34)19-22-10-5-2-6-11-22/h1-6,8-11,23-24H,7,12-20H2,(H,29,33)(H,30,34)(H,31,35)(H,32,36). The SMILES string of the molecule is O=C(Cc1ccccc1)NCCNC(=O)C1CCCC(C(=O)NCCNC(=O)Cc2ccccc2)C1. The highest BCUT2D eigenvalue weighted by Gasteiger charge is 2.30. The quantitative estimate of drug-likeness (QED) is 0.338. The topological polar surface area (TPSA) is 116 Å². The molecule has 1 saturated carbocycles. The third kappa shape index (κ3) is 9.52. The molecule has 0 aromatic heterocycles. The van der Waals surface area contributed by atoms with Crippen molar-refractivity contribution >= 4 is 23.6 Å². The Morgan fingerprint density at radius 2 is 0.972 bits per heavy atom. The summed E-state index contributed by atoms with van der Waals surface area (Å²) in [5.41, 5.74) is 1.89. The fourth-order valence-electron chi connectivity index (χ4n) is 4.42. The van der Waals surface area contributed by atoms with Crippen LogP contribution in [0.4, 0.5) is 0 Å². The zero-order chi connectivity index (χ0) is 25.6. The maximum atomic E-state index is 12.6. The first-order valence-electron chi connectivity index (χ1n) is 12.7. The van der Waals surface area contributed by atoms with E-state index in [-0.39, 0.29) is 35.5 Å². The zero-order valence-corrected chi connectivity index (χ0v) is 20.6. The number of carbonyl (C=O) groups is 4. The minimum Gasteiger partial charge on any atom is -0.354 e. The third-order valence-electron chi connectivity index (χ3n) is 6.32. The minimum atomic E-state index is -0.208. The molecule has 0 spiro atoms. The lowest BCUT2D eigenvalue weighted by molar-refractivity contribution is -0.130. The fraction of sp³-hybridized carbons (Fsp3) is 0.429. The Labute approximate surface area is 212 Å². The van der Waals surface area contributed by atoms with E-state index >= 15 is 0 Å². The Balaban J connectivity index is 1.28. The van der Waals surface area contributed by atoms with Crippen molar-refractivity contribution in [3.63, 3.8) is 0 Å². The summed E-state index contributed by atoms with van der Waals surface area (Å²) in [4.78, 5) is 49.2. The molecule has 8 nitrogen and oxygen atoms in total. The predicted molar refractivity (Wildman–Crippen MR) is 138 cm³/mol. The summed E-state index contributed by atoms with van der Waals surface area (Å²) in [5.74, 6) is -0.724. The van der Waals surface area contributed by atoms with Gasteiger partial charge in [0.1, 0.15) is 0 Å². The predicted octanol–water partition coefficient (Wildman–Crippen LogP) is 1.74. The van der Waals surface area contributed by atoms with Crippen molar-refractivity contribution in [3.05, 3.63) is 71.8 Å². The summed E-state index contributed by atoms with van der Waals surface area (Å²) >= 11 is 0. The smallest absolute Gasteiger partial charge is 0.224 e. The second kappa shape index (κ2) is 14.7. The third-order valence-corrected chi connectivity index (χ3v) is 6.32. The molecule has 2 atom stereocenters. The van der Waals surface area contributed by atoms with Gasteiger partial charge in [-0.25, -0.2) is 0 Å². The number of amides is 4. The highest BCUT2D eigenvalue weighted by molar-refractivity contribution is 5.83. The van der Waals surface area contributed by atoms with Crippen molar-refractivity contribution < 1.29 is 19.2 Å². The van der Waals surface area contributed by atoms with Gasteiger partial charge in [-0.1, -0.05) is 67.1 Å². The van der Waals surface area contributed by atoms with E-state index in [9.17, 15) is 19.2 Å². The number of hydrogen-bond acceptors (Lipinski definition) is 4. The van der Waals surface area contributed by atoms with Crippen molar-refractivity contribution in [2.24, 2.45) is 11.8 Å². The molecule has 0 aliphatic heterocycles. The van der Waals surface area contributed by atoms with Crippen LogP contribution >= 0.6 is 0 Å². The van der Waals surface area contributed by atoms with Gasteiger partial charge in [-0.3, -0.25) is 19.2 Å². The lowest BCUT2D eigenvalue weighted by Crippen LogP contribution is -2.42. The first kappa shape index (κ1) is 26.9. The number of nitrogens with one attached hydrogen (secondary N) is 4.